The van der Waals surface area contributed by atoms with Crippen molar-refractivity contribution >= 4 is 17.4 Å². The van der Waals surface area contributed by atoms with E-state index in [2.05, 4.69) is 30.9 Å². The Hall–Kier alpha value is -2.53. The molecule has 1 rings (SSSR count). The zero-order valence-electron chi connectivity index (χ0n) is 16.4. The Bertz CT molecular complexity index is 695. The second-order valence-electron chi connectivity index (χ2n) is 7.32. The van der Waals surface area contributed by atoms with Crippen molar-refractivity contribution in [2.75, 3.05) is 13.1 Å². The number of nitro groups is 1. The zero-order chi connectivity index (χ0) is 20.7. The van der Waals surface area contributed by atoms with Crippen LogP contribution in [0.4, 0.5) is 5.95 Å². The summed E-state index contributed by atoms with van der Waals surface area (Å²) < 4.78 is 0. The van der Waals surface area contributed by atoms with Crippen LogP contribution in [-0.4, -0.2) is 60.9 Å². The number of nitrogens with one attached hydrogen (secondary N) is 3. The van der Waals surface area contributed by atoms with Crippen molar-refractivity contribution in [1.82, 2.24) is 20.6 Å². The van der Waals surface area contributed by atoms with Crippen molar-refractivity contribution < 1.29 is 15.3 Å². The van der Waals surface area contributed by atoms with Crippen molar-refractivity contribution in [3.63, 3.8) is 0 Å². The number of aromatic amines is 1. The molecule has 0 aromatic carbocycles. The summed E-state index contributed by atoms with van der Waals surface area (Å²) >= 11 is 0. The van der Waals surface area contributed by atoms with Crippen LogP contribution in [-0.2, 0) is 0 Å². The van der Waals surface area contributed by atoms with E-state index in [1.54, 1.807) is 6.92 Å². The molecule has 0 amide bonds. The first-order valence-corrected chi connectivity index (χ1v) is 8.66. The SMILES string of the molecule is C/C(=N/O)C(C)(C)NCCCCNC(C)(C)/C(=N\O)c1cnc([N+](=O)[O-])[nH]1. The molecule has 152 valence electrons. The van der Waals surface area contributed by atoms with Crippen molar-refractivity contribution in [2.45, 2.75) is 58.5 Å². The van der Waals surface area contributed by atoms with E-state index in [1.807, 2.05) is 27.7 Å². The summed E-state index contributed by atoms with van der Waals surface area (Å²) in [7, 11) is 0. The van der Waals surface area contributed by atoms with Crippen molar-refractivity contribution in [2.24, 2.45) is 10.3 Å². The molecular formula is C16H29N7O4. The molecular weight excluding hydrogens is 354 g/mol. The zero-order valence-corrected chi connectivity index (χ0v) is 16.4. The minimum absolute atomic E-state index is 0.233. The molecule has 1 aromatic heterocycles. The fraction of sp³-hybridized carbons (Fsp3) is 0.688. The Morgan fingerprint density at radius 3 is 2.19 bits per heavy atom. The fourth-order valence-electron chi connectivity index (χ4n) is 2.43. The summed E-state index contributed by atoms with van der Waals surface area (Å²) in [6.45, 7) is 10.7. The van der Waals surface area contributed by atoms with Gasteiger partial charge in [-0.25, -0.2) is 4.98 Å². The van der Waals surface area contributed by atoms with E-state index in [0.29, 0.717) is 12.3 Å². The average molecular weight is 383 g/mol. The van der Waals surface area contributed by atoms with Gasteiger partial charge < -0.3 is 31.2 Å². The third-order valence-corrected chi connectivity index (χ3v) is 4.47. The first-order valence-electron chi connectivity index (χ1n) is 8.66. The summed E-state index contributed by atoms with van der Waals surface area (Å²) in [5.74, 6) is -0.405. The monoisotopic (exact) mass is 383 g/mol. The van der Waals surface area contributed by atoms with Crippen molar-refractivity contribution in [1.29, 1.82) is 0 Å². The van der Waals surface area contributed by atoms with Crippen LogP contribution < -0.4 is 10.6 Å². The normalized spacial score (nSPS) is 13.8. The number of nitrogens with zero attached hydrogens (tertiary/aromatic N) is 4. The lowest BCUT2D eigenvalue weighted by molar-refractivity contribution is -0.393. The Morgan fingerprint density at radius 2 is 1.74 bits per heavy atom. The molecule has 0 radical (unpaired) electrons. The number of H-pyrrole nitrogens is 1. The Balaban J connectivity index is 2.51. The van der Waals surface area contributed by atoms with E-state index in [4.69, 9.17) is 5.21 Å². The number of imidazole rings is 1. The molecule has 0 saturated carbocycles. The summed E-state index contributed by atoms with van der Waals surface area (Å²) in [6, 6.07) is 0. The van der Waals surface area contributed by atoms with Crippen LogP contribution in [0.15, 0.2) is 16.5 Å². The first-order chi connectivity index (χ1) is 12.5. The largest absolute Gasteiger partial charge is 0.432 e. The van der Waals surface area contributed by atoms with Crippen molar-refractivity contribution in [3.05, 3.63) is 22.0 Å². The van der Waals surface area contributed by atoms with E-state index in [9.17, 15) is 15.3 Å². The van der Waals surface area contributed by atoms with Crippen LogP contribution in [0.25, 0.3) is 0 Å². The number of unbranched alkanes of at least 4 members (excludes halogenated alkanes) is 1. The highest BCUT2D eigenvalue weighted by Gasteiger charge is 2.30. The van der Waals surface area contributed by atoms with Crippen LogP contribution in [0, 0.1) is 10.1 Å². The second kappa shape index (κ2) is 9.42. The van der Waals surface area contributed by atoms with Gasteiger partial charge in [0.25, 0.3) is 0 Å². The van der Waals surface area contributed by atoms with E-state index < -0.39 is 16.4 Å². The summed E-state index contributed by atoms with van der Waals surface area (Å²) in [6.07, 6.45) is 3.00. The number of oxime groups is 2. The number of rotatable bonds is 11. The molecule has 0 aliphatic heterocycles. The molecule has 27 heavy (non-hydrogen) atoms. The Kier molecular flexibility index (Phi) is 7.85. The standard InChI is InChI=1S/C16H29N7O4/c1-11(21-24)15(2,3)18-8-6-7-9-19-16(4,5)13(22-25)12-10-17-14(20-12)23(26)27/h10,18-19,24-25H,6-9H2,1-5H3,(H,17,20)/b21-11-,22-13-. The molecule has 0 atom stereocenters. The third-order valence-electron chi connectivity index (χ3n) is 4.47. The Labute approximate surface area is 158 Å². The molecule has 0 saturated heterocycles. The van der Waals surface area contributed by atoms with Gasteiger partial charge in [0.05, 0.1) is 16.8 Å². The quantitative estimate of drug-likeness (QED) is 0.128. The summed E-state index contributed by atoms with van der Waals surface area (Å²) in [5, 5.41) is 42.1. The van der Waals surface area contributed by atoms with Gasteiger partial charge in [-0.05, 0) is 65.5 Å². The van der Waals surface area contributed by atoms with Gasteiger partial charge in [-0.2, -0.15) is 0 Å². The fourth-order valence-corrected chi connectivity index (χ4v) is 2.43. The van der Waals surface area contributed by atoms with E-state index >= 15 is 0 Å². The molecule has 11 nitrogen and oxygen atoms in total. The number of hydrogen-bond donors (Lipinski definition) is 5. The maximum atomic E-state index is 10.7. The second-order valence-corrected chi connectivity index (χ2v) is 7.32. The lowest BCUT2D eigenvalue weighted by Crippen LogP contribution is -2.48. The minimum Gasteiger partial charge on any atom is -0.411 e. The highest BCUT2D eigenvalue weighted by molar-refractivity contribution is 6.05. The van der Waals surface area contributed by atoms with Crippen LogP contribution in [0.5, 0.6) is 0 Å². The first kappa shape index (κ1) is 22.5. The molecule has 0 unspecified atom stereocenters. The lowest BCUT2D eigenvalue weighted by atomic mass is 9.95. The summed E-state index contributed by atoms with van der Waals surface area (Å²) in [4.78, 5) is 16.3. The molecule has 0 aliphatic rings. The maximum Gasteiger partial charge on any atom is 0.432 e. The highest BCUT2D eigenvalue weighted by Crippen LogP contribution is 2.15. The maximum absolute atomic E-state index is 10.7. The van der Waals surface area contributed by atoms with Crippen molar-refractivity contribution in [3.8, 4) is 0 Å². The van der Waals surface area contributed by atoms with Gasteiger partial charge in [0.1, 0.15) is 11.9 Å². The average Bonchev–Trinajstić information content (AvgIpc) is 3.07. The lowest BCUT2D eigenvalue weighted by Gasteiger charge is -2.27. The van der Waals surface area contributed by atoms with Gasteiger partial charge in [0, 0.05) is 0 Å². The van der Waals surface area contributed by atoms with Crippen LogP contribution in [0.3, 0.4) is 0 Å². The van der Waals surface area contributed by atoms with Gasteiger partial charge in [0.15, 0.2) is 5.69 Å². The molecule has 11 heteroatoms. The molecule has 1 heterocycles. The van der Waals surface area contributed by atoms with Crippen LogP contribution in [0.1, 0.15) is 53.2 Å². The van der Waals surface area contributed by atoms with E-state index in [-0.39, 0.29) is 16.9 Å². The third kappa shape index (κ3) is 6.29. The van der Waals surface area contributed by atoms with Gasteiger partial charge in [0.2, 0.25) is 0 Å². The highest BCUT2D eigenvalue weighted by atomic mass is 16.6. The predicted molar refractivity (Wildman–Crippen MR) is 102 cm³/mol. The predicted octanol–water partition coefficient (Wildman–Crippen LogP) is 1.86. The Morgan fingerprint density at radius 1 is 1.19 bits per heavy atom. The van der Waals surface area contributed by atoms with Gasteiger partial charge in [-0.3, -0.25) is 0 Å². The van der Waals surface area contributed by atoms with E-state index in [1.165, 1.54) is 6.20 Å². The molecule has 5 N–H and O–H groups in total. The van der Waals surface area contributed by atoms with Gasteiger partial charge in [-0.15, -0.1) is 0 Å². The van der Waals surface area contributed by atoms with E-state index in [0.717, 1.165) is 19.4 Å². The molecule has 0 aliphatic carbocycles. The van der Waals surface area contributed by atoms with Gasteiger partial charge in [-0.1, -0.05) is 15.3 Å². The summed E-state index contributed by atoms with van der Waals surface area (Å²) in [5.41, 5.74) is 0.0235. The molecule has 0 bridgehead atoms. The smallest absolute Gasteiger partial charge is 0.411 e. The topological polar surface area (TPSA) is 161 Å². The number of aromatic nitrogens is 2. The van der Waals surface area contributed by atoms with Gasteiger partial charge >= 0.3 is 5.95 Å². The number of hydrogen-bond acceptors (Lipinski definition) is 9. The molecule has 1 aromatic rings. The molecule has 0 fully saturated rings. The molecule has 0 spiro atoms. The van der Waals surface area contributed by atoms with Crippen LogP contribution >= 0.6 is 0 Å². The van der Waals surface area contributed by atoms with Crippen LogP contribution in [0.2, 0.25) is 0 Å². The minimum atomic E-state index is -0.720.